The highest BCUT2D eigenvalue weighted by atomic mass is 35.5. The van der Waals surface area contributed by atoms with Crippen LogP contribution in [0.5, 0.6) is 0 Å². The second-order valence-electron chi connectivity index (χ2n) is 7.93. The van der Waals surface area contributed by atoms with Crippen LogP contribution in [-0.2, 0) is 21.4 Å². The van der Waals surface area contributed by atoms with Crippen LogP contribution >= 0.6 is 11.6 Å². The number of fused-ring (bicyclic) bond motifs is 1. The molecule has 4 rings (SSSR count). The summed E-state index contributed by atoms with van der Waals surface area (Å²) in [4.78, 5) is 13.0. The Bertz CT molecular complexity index is 1200. The lowest BCUT2D eigenvalue weighted by atomic mass is 10.2. The van der Waals surface area contributed by atoms with E-state index in [1.165, 1.54) is 0 Å². The molecule has 1 atom stereocenters. The number of rotatable bonds is 6. The number of hydrogen-bond donors (Lipinski definition) is 1. The number of hydrogen-bond acceptors (Lipinski definition) is 3. The Morgan fingerprint density at radius 2 is 1.87 bits per heavy atom. The molecule has 31 heavy (non-hydrogen) atoms. The van der Waals surface area contributed by atoms with Crippen molar-refractivity contribution in [1.29, 1.82) is 0 Å². The lowest BCUT2D eigenvalue weighted by Crippen LogP contribution is -2.35. The van der Waals surface area contributed by atoms with E-state index in [-0.39, 0.29) is 5.91 Å². The first kappa shape index (κ1) is 21.9. The molecule has 164 valence electrons. The minimum Gasteiger partial charge on any atom is -0.350 e. The summed E-state index contributed by atoms with van der Waals surface area (Å²) in [7, 11) is -3.49. The molecule has 1 fully saturated rings. The number of nitrogens with zero attached hydrogens (tertiary/aromatic N) is 2. The van der Waals surface area contributed by atoms with Gasteiger partial charge in [0, 0.05) is 41.8 Å². The fourth-order valence-electron chi connectivity index (χ4n) is 4.00. The number of benzene rings is 2. The number of amides is 1. The number of aromatic nitrogens is 1. The van der Waals surface area contributed by atoms with Crippen molar-refractivity contribution in [2.75, 3.05) is 13.1 Å². The molecule has 1 amide bonds. The van der Waals surface area contributed by atoms with Crippen molar-refractivity contribution in [1.82, 2.24) is 14.2 Å². The van der Waals surface area contributed by atoms with Gasteiger partial charge < -0.3 is 9.88 Å². The van der Waals surface area contributed by atoms with Crippen LogP contribution in [-0.4, -0.2) is 36.3 Å². The van der Waals surface area contributed by atoms with Crippen molar-refractivity contribution in [3.8, 4) is 0 Å². The third kappa shape index (κ3) is 4.63. The minimum absolute atomic E-state index is 0.123. The predicted octanol–water partition coefficient (Wildman–Crippen LogP) is 4.35. The molecule has 0 radical (unpaired) electrons. The smallest absolute Gasteiger partial charge is 0.243 e. The summed E-state index contributed by atoms with van der Waals surface area (Å²) in [6.45, 7) is 3.36. The first-order chi connectivity index (χ1) is 14.9. The van der Waals surface area contributed by atoms with Crippen molar-refractivity contribution < 1.29 is 13.2 Å². The highest BCUT2D eigenvalue weighted by Gasteiger charge is 2.26. The molecule has 1 saturated heterocycles. The highest BCUT2D eigenvalue weighted by Crippen LogP contribution is 2.26. The molecule has 1 unspecified atom stereocenters. The van der Waals surface area contributed by atoms with Gasteiger partial charge in [-0.15, -0.1) is 0 Å². The first-order valence-electron chi connectivity index (χ1n) is 10.5. The van der Waals surface area contributed by atoms with E-state index in [2.05, 4.69) is 5.32 Å². The Morgan fingerprint density at radius 1 is 1.10 bits per heavy atom. The van der Waals surface area contributed by atoms with Gasteiger partial charge in [0.2, 0.25) is 15.9 Å². The maximum Gasteiger partial charge on any atom is 0.243 e. The lowest BCUT2D eigenvalue weighted by Gasteiger charge is -2.26. The molecular formula is C23H26ClN3O3S. The number of carbonyl (C=O) groups excluding carboxylic acids is 1. The third-order valence-corrected chi connectivity index (χ3v) is 7.93. The molecule has 0 aliphatic carbocycles. The summed E-state index contributed by atoms with van der Waals surface area (Å²) < 4.78 is 29.4. The van der Waals surface area contributed by atoms with Gasteiger partial charge in [-0.1, -0.05) is 30.2 Å². The van der Waals surface area contributed by atoms with E-state index >= 15 is 0 Å². The zero-order valence-electron chi connectivity index (χ0n) is 17.4. The molecule has 0 spiro atoms. The summed E-state index contributed by atoms with van der Waals surface area (Å²) in [5.41, 5.74) is 1.75. The number of piperidine rings is 1. The van der Waals surface area contributed by atoms with Crippen LogP contribution in [0.25, 0.3) is 10.9 Å². The van der Waals surface area contributed by atoms with Gasteiger partial charge in [-0.05, 0) is 61.7 Å². The van der Waals surface area contributed by atoms with E-state index in [4.69, 9.17) is 11.6 Å². The van der Waals surface area contributed by atoms with Crippen LogP contribution in [0, 0.1) is 0 Å². The van der Waals surface area contributed by atoms with Crippen LogP contribution in [0.3, 0.4) is 0 Å². The maximum absolute atomic E-state index is 13.0. The molecular weight excluding hydrogens is 434 g/mol. The monoisotopic (exact) mass is 459 g/mol. The van der Waals surface area contributed by atoms with Gasteiger partial charge in [0.1, 0.15) is 6.04 Å². The Morgan fingerprint density at radius 3 is 2.61 bits per heavy atom. The summed E-state index contributed by atoms with van der Waals surface area (Å²) >= 11 is 6.00. The molecule has 8 heteroatoms. The standard InChI is InChI=1S/C23H26ClN3O3S/c1-17(23(28)25-16-18-6-5-7-20(24)14-18)27-13-10-19-15-21(8-9-22(19)27)31(29,30)26-11-3-2-4-12-26/h5-10,13-15,17H,2-4,11-12,16H2,1H3,(H,25,28). The second kappa shape index (κ2) is 9.02. The van der Waals surface area contributed by atoms with E-state index in [0.717, 1.165) is 35.7 Å². The molecule has 0 saturated carbocycles. The van der Waals surface area contributed by atoms with Crippen LogP contribution < -0.4 is 5.32 Å². The van der Waals surface area contributed by atoms with Crippen molar-refractivity contribution >= 4 is 38.4 Å². The summed E-state index contributed by atoms with van der Waals surface area (Å²) in [6, 6.07) is 13.9. The Labute approximate surface area is 187 Å². The van der Waals surface area contributed by atoms with E-state index < -0.39 is 16.1 Å². The highest BCUT2D eigenvalue weighted by molar-refractivity contribution is 7.89. The predicted molar refractivity (Wildman–Crippen MR) is 123 cm³/mol. The van der Waals surface area contributed by atoms with E-state index in [1.807, 2.05) is 42.0 Å². The van der Waals surface area contributed by atoms with Gasteiger partial charge >= 0.3 is 0 Å². The minimum atomic E-state index is -3.49. The van der Waals surface area contributed by atoms with Crippen LogP contribution in [0.4, 0.5) is 0 Å². The molecule has 1 aliphatic rings. The quantitative estimate of drug-likeness (QED) is 0.595. The average Bonchev–Trinajstić information content (AvgIpc) is 3.21. The van der Waals surface area contributed by atoms with E-state index in [0.29, 0.717) is 29.6 Å². The number of halogens is 1. The molecule has 0 bridgehead atoms. The van der Waals surface area contributed by atoms with Gasteiger partial charge in [-0.25, -0.2) is 8.42 Å². The summed E-state index contributed by atoms with van der Waals surface area (Å²) in [5.74, 6) is -0.123. The van der Waals surface area contributed by atoms with Crippen LogP contribution in [0.15, 0.2) is 59.6 Å². The molecule has 3 aromatic rings. The van der Waals surface area contributed by atoms with Gasteiger partial charge in [-0.3, -0.25) is 4.79 Å². The zero-order valence-corrected chi connectivity index (χ0v) is 19.0. The normalized spacial score (nSPS) is 16.3. The third-order valence-electron chi connectivity index (χ3n) is 5.80. The average molecular weight is 460 g/mol. The Balaban J connectivity index is 1.51. The number of nitrogens with one attached hydrogen (secondary N) is 1. The molecule has 1 aromatic heterocycles. The molecule has 2 heterocycles. The van der Waals surface area contributed by atoms with Crippen molar-refractivity contribution in [2.24, 2.45) is 0 Å². The van der Waals surface area contributed by atoms with Crippen molar-refractivity contribution in [2.45, 2.75) is 43.7 Å². The van der Waals surface area contributed by atoms with E-state index in [9.17, 15) is 13.2 Å². The Hall–Kier alpha value is -2.35. The van der Waals surface area contributed by atoms with Gasteiger partial charge in [0.25, 0.3) is 0 Å². The summed E-state index contributed by atoms with van der Waals surface area (Å²) in [6.07, 6.45) is 4.70. The van der Waals surface area contributed by atoms with Gasteiger partial charge in [0.15, 0.2) is 0 Å². The Kier molecular flexibility index (Phi) is 6.36. The topological polar surface area (TPSA) is 71.4 Å². The van der Waals surface area contributed by atoms with Gasteiger partial charge in [-0.2, -0.15) is 4.31 Å². The van der Waals surface area contributed by atoms with Gasteiger partial charge in [0.05, 0.1) is 4.90 Å². The van der Waals surface area contributed by atoms with E-state index in [1.54, 1.807) is 28.6 Å². The summed E-state index contributed by atoms with van der Waals surface area (Å²) in [5, 5.41) is 4.37. The second-order valence-corrected chi connectivity index (χ2v) is 10.3. The number of carbonyl (C=O) groups is 1. The fourth-order valence-corrected chi connectivity index (χ4v) is 5.77. The first-order valence-corrected chi connectivity index (χ1v) is 12.3. The molecule has 6 nitrogen and oxygen atoms in total. The van der Waals surface area contributed by atoms with Crippen molar-refractivity contribution in [3.63, 3.8) is 0 Å². The number of sulfonamides is 1. The fraction of sp³-hybridized carbons (Fsp3) is 0.348. The maximum atomic E-state index is 13.0. The zero-order chi connectivity index (χ0) is 22.0. The molecule has 2 aromatic carbocycles. The van der Waals surface area contributed by atoms with Crippen LogP contribution in [0.1, 0.15) is 37.8 Å². The lowest BCUT2D eigenvalue weighted by molar-refractivity contribution is -0.123. The largest absolute Gasteiger partial charge is 0.350 e. The SMILES string of the molecule is CC(C(=O)NCc1cccc(Cl)c1)n1ccc2cc(S(=O)(=O)N3CCCCC3)ccc21. The molecule has 1 aliphatic heterocycles. The molecule has 1 N–H and O–H groups in total. The van der Waals surface area contributed by atoms with Crippen molar-refractivity contribution in [3.05, 3.63) is 65.3 Å². The van der Waals surface area contributed by atoms with Crippen LogP contribution in [0.2, 0.25) is 5.02 Å².